The number of rotatable bonds is 0. The van der Waals surface area contributed by atoms with E-state index in [4.69, 9.17) is 16.7 Å². The maximum absolute atomic E-state index is 11.0. The van der Waals surface area contributed by atoms with E-state index in [2.05, 4.69) is 0 Å². The van der Waals surface area contributed by atoms with Crippen LogP contribution in [0.15, 0.2) is 16.9 Å². The highest BCUT2D eigenvalue weighted by atomic mass is 35.5. The molecule has 0 heterocycles. The van der Waals surface area contributed by atoms with Crippen LogP contribution in [0.1, 0.15) is 11.1 Å². The Morgan fingerprint density at radius 3 is 2.33 bits per heavy atom. The third kappa shape index (κ3) is 1.59. The van der Waals surface area contributed by atoms with E-state index in [1.54, 1.807) is 13.8 Å². The summed E-state index contributed by atoms with van der Waals surface area (Å²) < 4.78 is 0. The molecule has 3 heteroatoms. The van der Waals surface area contributed by atoms with Crippen molar-refractivity contribution in [1.29, 1.82) is 0 Å². The lowest BCUT2D eigenvalue weighted by molar-refractivity contribution is 0.470. The lowest BCUT2D eigenvalue weighted by atomic mass is 10.2. The van der Waals surface area contributed by atoms with Crippen molar-refractivity contribution in [3.8, 4) is 5.75 Å². The molecule has 0 bridgehead atoms. The zero-order valence-corrected chi connectivity index (χ0v) is 7.64. The van der Waals surface area contributed by atoms with Gasteiger partial charge < -0.3 is 5.11 Å². The van der Waals surface area contributed by atoms with Gasteiger partial charge in [-0.15, -0.1) is 0 Å². The lowest BCUT2D eigenvalue weighted by Crippen LogP contribution is -1.93. The Bertz CT molecular complexity index is 372. The molecule has 0 aromatic heterocycles. The molecule has 1 aromatic rings. The quantitative estimate of drug-likeness (QED) is 0.670. The Morgan fingerprint density at radius 1 is 1.25 bits per heavy atom. The van der Waals surface area contributed by atoms with Crippen molar-refractivity contribution in [2.75, 3.05) is 0 Å². The first-order valence-electron chi connectivity index (χ1n) is 3.52. The number of hydrogen-bond acceptors (Lipinski definition) is 2. The molecule has 12 heavy (non-hydrogen) atoms. The Kier molecular flexibility index (Phi) is 2.38. The Morgan fingerprint density at radius 2 is 1.75 bits per heavy atom. The van der Waals surface area contributed by atoms with E-state index in [-0.39, 0.29) is 5.75 Å². The number of hydrogen-bond donors (Lipinski definition) is 1. The molecule has 0 aliphatic heterocycles. The van der Waals surface area contributed by atoms with Gasteiger partial charge in [0.2, 0.25) is 5.43 Å². The van der Waals surface area contributed by atoms with Crippen LogP contribution in [0.4, 0.5) is 0 Å². The maximum Gasteiger partial charge on any atom is 0.220 e. The fourth-order valence-electron chi connectivity index (χ4n) is 0.985. The van der Waals surface area contributed by atoms with E-state index < -0.39 is 5.43 Å². The Balaban J connectivity index is 3.66. The van der Waals surface area contributed by atoms with Gasteiger partial charge in [0, 0.05) is 5.02 Å². The van der Waals surface area contributed by atoms with Crippen LogP contribution in [-0.4, -0.2) is 5.11 Å². The minimum Gasteiger partial charge on any atom is -0.504 e. The highest BCUT2D eigenvalue weighted by molar-refractivity contribution is 6.32. The maximum atomic E-state index is 11.0. The first-order valence-corrected chi connectivity index (χ1v) is 3.90. The van der Waals surface area contributed by atoms with Gasteiger partial charge >= 0.3 is 0 Å². The van der Waals surface area contributed by atoms with Crippen LogP contribution in [-0.2, 0) is 0 Å². The largest absolute Gasteiger partial charge is 0.504 e. The average Bonchev–Trinajstić information content (AvgIpc) is 2.07. The number of aryl methyl sites for hydroxylation is 2. The van der Waals surface area contributed by atoms with Crippen LogP contribution in [0.3, 0.4) is 0 Å². The summed E-state index contributed by atoms with van der Waals surface area (Å²) in [6, 6.07) is 2.70. The van der Waals surface area contributed by atoms with E-state index in [9.17, 15) is 4.79 Å². The van der Waals surface area contributed by atoms with E-state index in [0.717, 1.165) is 0 Å². The summed E-state index contributed by atoms with van der Waals surface area (Å²) in [7, 11) is 0. The van der Waals surface area contributed by atoms with Gasteiger partial charge in [-0.3, -0.25) is 4.79 Å². The second-order valence-electron chi connectivity index (χ2n) is 2.72. The molecule has 0 fully saturated rings. The topological polar surface area (TPSA) is 37.3 Å². The SMILES string of the molecule is Cc1cc(O)c(=O)cc(C)c1Cl. The summed E-state index contributed by atoms with van der Waals surface area (Å²) in [6.45, 7) is 3.48. The van der Waals surface area contributed by atoms with Gasteiger partial charge in [-0.2, -0.15) is 0 Å². The predicted octanol–water partition coefficient (Wildman–Crippen LogP) is 2.02. The van der Waals surface area contributed by atoms with E-state index in [1.807, 2.05) is 0 Å². The Labute approximate surface area is 75.4 Å². The van der Waals surface area contributed by atoms with Gasteiger partial charge in [0.05, 0.1) is 0 Å². The molecule has 1 rings (SSSR count). The Hall–Kier alpha value is -1.02. The van der Waals surface area contributed by atoms with Gasteiger partial charge in [0.25, 0.3) is 0 Å². The van der Waals surface area contributed by atoms with Crippen LogP contribution in [0.2, 0.25) is 5.02 Å². The molecule has 0 saturated heterocycles. The summed E-state index contributed by atoms with van der Waals surface area (Å²) in [5.74, 6) is -0.262. The molecule has 2 nitrogen and oxygen atoms in total. The van der Waals surface area contributed by atoms with E-state index >= 15 is 0 Å². The molecule has 0 unspecified atom stereocenters. The molecular weight excluding hydrogens is 176 g/mol. The van der Waals surface area contributed by atoms with Crippen molar-refractivity contribution < 1.29 is 5.11 Å². The normalized spacial score (nSPS) is 9.92. The van der Waals surface area contributed by atoms with Crippen LogP contribution >= 0.6 is 11.6 Å². The molecule has 0 saturated carbocycles. The number of aromatic hydroxyl groups is 1. The standard InChI is InChI=1S/C9H9ClO2/c1-5-3-7(11)8(12)4-6(2)9(5)10/h3-4H,1-2H3,(H,11,12). The first kappa shape index (κ1) is 9.07. The van der Waals surface area contributed by atoms with Crippen molar-refractivity contribution in [2.45, 2.75) is 13.8 Å². The molecule has 0 aliphatic carbocycles. The zero-order valence-electron chi connectivity index (χ0n) is 6.89. The predicted molar refractivity (Wildman–Crippen MR) is 48.9 cm³/mol. The summed E-state index contributed by atoms with van der Waals surface area (Å²) in [5, 5.41) is 9.66. The summed E-state index contributed by atoms with van der Waals surface area (Å²) in [4.78, 5) is 11.0. The van der Waals surface area contributed by atoms with Crippen molar-refractivity contribution in [1.82, 2.24) is 0 Å². The first-order chi connectivity index (χ1) is 5.52. The number of halogens is 1. The van der Waals surface area contributed by atoms with Crippen LogP contribution in [0.5, 0.6) is 5.75 Å². The smallest absolute Gasteiger partial charge is 0.220 e. The molecule has 1 aromatic carbocycles. The highest BCUT2D eigenvalue weighted by Gasteiger charge is 2.01. The lowest BCUT2D eigenvalue weighted by Gasteiger charge is -1.91. The van der Waals surface area contributed by atoms with Gasteiger partial charge in [-0.1, -0.05) is 11.6 Å². The fourth-order valence-corrected chi connectivity index (χ4v) is 1.09. The highest BCUT2D eigenvalue weighted by Crippen LogP contribution is 2.19. The molecule has 0 amide bonds. The van der Waals surface area contributed by atoms with Gasteiger partial charge in [0.1, 0.15) is 0 Å². The van der Waals surface area contributed by atoms with E-state index in [0.29, 0.717) is 16.1 Å². The summed E-state index contributed by atoms with van der Waals surface area (Å²) >= 11 is 5.86. The molecule has 0 aliphatic rings. The van der Waals surface area contributed by atoms with E-state index in [1.165, 1.54) is 12.1 Å². The second kappa shape index (κ2) is 3.15. The zero-order chi connectivity index (χ0) is 9.30. The van der Waals surface area contributed by atoms with Gasteiger partial charge in [-0.05, 0) is 37.1 Å². The fraction of sp³-hybridized carbons (Fsp3) is 0.222. The second-order valence-corrected chi connectivity index (χ2v) is 3.10. The molecule has 64 valence electrons. The van der Waals surface area contributed by atoms with Crippen molar-refractivity contribution in [3.63, 3.8) is 0 Å². The minimum absolute atomic E-state index is 0.262. The molecule has 0 atom stereocenters. The van der Waals surface area contributed by atoms with Crippen molar-refractivity contribution >= 4 is 11.6 Å². The average molecular weight is 185 g/mol. The third-order valence-corrected chi connectivity index (χ3v) is 2.24. The van der Waals surface area contributed by atoms with Crippen LogP contribution in [0, 0.1) is 13.8 Å². The molecular formula is C9H9ClO2. The van der Waals surface area contributed by atoms with Crippen LogP contribution in [0.25, 0.3) is 0 Å². The summed E-state index contributed by atoms with van der Waals surface area (Å²) in [6.07, 6.45) is 0. The molecule has 1 N–H and O–H groups in total. The summed E-state index contributed by atoms with van der Waals surface area (Å²) in [5.41, 5.74) is 0.982. The van der Waals surface area contributed by atoms with Gasteiger partial charge in [0.15, 0.2) is 5.75 Å². The minimum atomic E-state index is -0.400. The molecule has 0 spiro atoms. The third-order valence-electron chi connectivity index (χ3n) is 1.65. The van der Waals surface area contributed by atoms with Crippen LogP contribution < -0.4 is 5.43 Å². The monoisotopic (exact) mass is 184 g/mol. The van der Waals surface area contributed by atoms with Crippen molar-refractivity contribution in [2.24, 2.45) is 0 Å². The van der Waals surface area contributed by atoms with Gasteiger partial charge in [-0.25, -0.2) is 0 Å². The molecule has 0 radical (unpaired) electrons. The van der Waals surface area contributed by atoms with Crippen molar-refractivity contribution in [3.05, 3.63) is 38.5 Å².